The summed E-state index contributed by atoms with van der Waals surface area (Å²) in [6.45, 7) is 6.19. The molecule has 0 bridgehead atoms. The topological polar surface area (TPSA) is 55.6 Å². The molecular formula is C10H18N2O2. The van der Waals surface area contributed by atoms with Crippen LogP contribution in [-0.2, 0) is 4.74 Å². The summed E-state index contributed by atoms with van der Waals surface area (Å²) in [4.78, 5) is 13.1. The van der Waals surface area contributed by atoms with Gasteiger partial charge in [-0.15, -0.1) is 0 Å². The molecule has 14 heavy (non-hydrogen) atoms. The zero-order chi connectivity index (χ0) is 10.8. The first-order chi connectivity index (χ1) is 6.38. The highest BCUT2D eigenvalue weighted by Crippen LogP contribution is 2.13. The number of amides is 1. The lowest BCUT2D eigenvalue weighted by atomic mass is 10.1. The van der Waals surface area contributed by atoms with E-state index in [0.29, 0.717) is 6.54 Å². The van der Waals surface area contributed by atoms with Crippen molar-refractivity contribution in [2.75, 3.05) is 6.54 Å². The Hall–Kier alpha value is -1.03. The highest BCUT2D eigenvalue weighted by Gasteiger charge is 2.22. The lowest BCUT2D eigenvalue weighted by Gasteiger charge is -2.27. The Morgan fingerprint density at radius 3 is 2.64 bits per heavy atom. The third kappa shape index (κ3) is 3.38. The van der Waals surface area contributed by atoms with Crippen LogP contribution in [0.1, 0.15) is 27.2 Å². The summed E-state index contributed by atoms with van der Waals surface area (Å²) in [5.74, 6) is 0. The Morgan fingerprint density at radius 2 is 2.21 bits per heavy atom. The first-order valence-electron chi connectivity index (χ1n) is 4.82. The molecule has 0 saturated heterocycles. The van der Waals surface area contributed by atoms with Gasteiger partial charge in [-0.25, -0.2) is 4.79 Å². The van der Waals surface area contributed by atoms with Crippen LogP contribution in [-0.4, -0.2) is 29.2 Å². The van der Waals surface area contributed by atoms with Gasteiger partial charge in [0, 0.05) is 18.8 Å². The Bertz CT molecular complexity index is 243. The number of hydrogen-bond acceptors (Lipinski definition) is 3. The lowest BCUT2D eigenvalue weighted by Crippen LogP contribution is -2.38. The molecule has 1 aliphatic rings. The Morgan fingerprint density at radius 1 is 1.57 bits per heavy atom. The maximum absolute atomic E-state index is 11.5. The Labute approximate surface area is 84.7 Å². The molecule has 1 atom stereocenters. The SMILES string of the molecule is CC(C)(C)OC(=O)N1C=CC(N)CC1. The standard InChI is InChI=1S/C10H18N2O2/c1-10(2,3)14-9(13)12-6-4-8(11)5-7-12/h4,6,8H,5,7,11H2,1-3H3. The number of rotatable bonds is 0. The number of nitrogens with two attached hydrogens (primary N) is 1. The predicted octanol–water partition coefficient (Wildman–Crippen LogP) is 1.47. The molecule has 0 radical (unpaired) electrons. The molecular weight excluding hydrogens is 180 g/mol. The van der Waals surface area contributed by atoms with Crippen molar-refractivity contribution in [3.05, 3.63) is 12.3 Å². The van der Waals surface area contributed by atoms with Crippen LogP contribution in [0.15, 0.2) is 12.3 Å². The molecule has 0 aromatic carbocycles. The number of nitrogens with zero attached hydrogens (tertiary/aromatic N) is 1. The molecule has 0 aliphatic carbocycles. The van der Waals surface area contributed by atoms with Gasteiger partial charge in [0.25, 0.3) is 0 Å². The van der Waals surface area contributed by atoms with Gasteiger partial charge in [0.1, 0.15) is 5.60 Å². The van der Waals surface area contributed by atoms with Gasteiger partial charge in [0.15, 0.2) is 0 Å². The van der Waals surface area contributed by atoms with Gasteiger partial charge in [-0.3, -0.25) is 4.90 Å². The molecule has 1 heterocycles. The number of carbonyl (C=O) groups excluding carboxylic acids is 1. The number of ether oxygens (including phenoxy) is 1. The average Bonchev–Trinajstić information content (AvgIpc) is 2.02. The molecule has 2 N–H and O–H groups in total. The number of carbonyl (C=O) groups is 1. The molecule has 1 rings (SSSR count). The minimum atomic E-state index is -0.440. The second-order valence-electron chi connectivity index (χ2n) is 4.47. The average molecular weight is 198 g/mol. The van der Waals surface area contributed by atoms with Crippen LogP contribution in [0.25, 0.3) is 0 Å². The van der Waals surface area contributed by atoms with E-state index in [1.54, 1.807) is 11.1 Å². The third-order valence-corrected chi connectivity index (χ3v) is 1.84. The van der Waals surface area contributed by atoms with E-state index in [1.807, 2.05) is 26.8 Å². The summed E-state index contributed by atoms with van der Waals surface area (Å²) >= 11 is 0. The van der Waals surface area contributed by atoms with Crippen LogP contribution in [0.2, 0.25) is 0 Å². The van der Waals surface area contributed by atoms with E-state index in [2.05, 4.69) is 0 Å². The molecule has 0 spiro atoms. The fraction of sp³-hybridized carbons (Fsp3) is 0.700. The van der Waals surface area contributed by atoms with E-state index in [9.17, 15) is 4.79 Å². The second kappa shape index (κ2) is 4.00. The predicted molar refractivity (Wildman–Crippen MR) is 54.7 cm³/mol. The van der Waals surface area contributed by atoms with E-state index in [1.165, 1.54) is 0 Å². The smallest absolute Gasteiger partial charge is 0.414 e. The van der Waals surface area contributed by atoms with Crippen molar-refractivity contribution in [2.45, 2.75) is 38.8 Å². The van der Waals surface area contributed by atoms with Gasteiger partial charge < -0.3 is 10.5 Å². The van der Waals surface area contributed by atoms with Crippen LogP contribution < -0.4 is 5.73 Å². The molecule has 0 aromatic rings. The van der Waals surface area contributed by atoms with Crippen LogP contribution in [0.4, 0.5) is 4.79 Å². The highest BCUT2D eigenvalue weighted by molar-refractivity contribution is 5.69. The van der Waals surface area contributed by atoms with Crippen molar-refractivity contribution < 1.29 is 9.53 Å². The van der Waals surface area contributed by atoms with E-state index in [4.69, 9.17) is 10.5 Å². The van der Waals surface area contributed by atoms with Gasteiger partial charge in [-0.1, -0.05) is 6.08 Å². The largest absolute Gasteiger partial charge is 0.443 e. The van der Waals surface area contributed by atoms with E-state index < -0.39 is 5.60 Å². The molecule has 1 amide bonds. The molecule has 0 saturated carbocycles. The van der Waals surface area contributed by atoms with Crippen LogP contribution in [0.5, 0.6) is 0 Å². The summed E-state index contributed by atoms with van der Waals surface area (Å²) in [6, 6.07) is 0.0636. The lowest BCUT2D eigenvalue weighted by molar-refractivity contribution is 0.0325. The number of hydrogen-bond donors (Lipinski definition) is 1. The Kier molecular flexibility index (Phi) is 3.16. The first-order valence-corrected chi connectivity index (χ1v) is 4.82. The molecule has 1 aliphatic heterocycles. The minimum absolute atomic E-state index is 0.0636. The van der Waals surface area contributed by atoms with Crippen molar-refractivity contribution >= 4 is 6.09 Å². The van der Waals surface area contributed by atoms with Crippen LogP contribution in [0, 0.1) is 0 Å². The monoisotopic (exact) mass is 198 g/mol. The normalized spacial score (nSPS) is 22.3. The highest BCUT2D eigenvalue weighted by atomic mass is 16.6. The molecule has 0 fully saturated rings. The zero-order valence-corrected chi connectivity index (χ0v) is 8.99. The summed E-state index contributed by atoms with van der Waals surface area (Å²) < 4.78 is 5.21. The van der Waals surface area contributed by atoms with E-state index in [-0.39, 0.29) is 12.1 Å². The molecule has 1 unspecified atom stereocenters. The van der Waals surface area contributed by atoms with Crippen LogP contribution >= 0.6 is 0 Å². The van der Waals surface area contributed by atoms with E-state index in [0.717, 1.165) is 6.42 Å². The first kappa shape index (κ1) is 11.0. The minimum Gasteiger partial charge on any atom is -0.443 e. The fourth-order valence-corrected chi connectivity index (χ4v) is 1.15. The van der Waals surface area contributed by atoms with Crippen molar-refractivity contribution in [3.63, 3.8) is 0 Å². The summed E-state index contributed by atoms with van der Waals surface area (Å²) in [7, 11) is 0. The van der Waals surface area contributed by atoms with Gasteiger partial charge in [-0.2, -0.15) is 0 Å². The van der Waals surface area contributed by atoms with Crippen molar-refractivity contribution in [1.82, 2.24) is 4.90 Å². The molecule has 0 aromatic heterocycles. The van der Waals surface area contributed by atoms with E-state index >= 15 is 0 Å². The molecule has 4 heteroatoms. The molecule has 80 valence electrons. The summed E-state index contributed by atoms with van der Waals surface area (Å²) in [5.41, 5.74) is 5.22. The maximum atomic E-state index is 11.5. The van der Waals surface area contributed by atoms with Gasteiger partial charge in [-0.05, 0) is 27.2 Å². The maximum Gasteiger partial charge on any atom is 0.414 e. The van der Waals surface area contributed by atoms with Gasteiger partial charge in [0.05, 0.1) is 0 Å². The van der Waals surface area contributed by atoms with Gasteiger partial charge >= 0.3 is 6.09 Å². The third-order valence-electron chi connectivity index (χ3n) is 1.84. The van der Waals surface area contributed by atoms with Crippen molar-refractivity contribution in [2.24, 2.45) is 5.73 Å². The summed E-state index contributed by atoms with van der Waals surface area (Å²) in [5, 5.41) is 0. The van der Waals surface area contributed by atoms with Crippen molar-refractivity contribution in [3.8, 4) is 0 Å². The zero-order valence-electron chi connectivity index (χ0n) is 8.99. The Balaban J connectivity index is 2.50. The van der Waals surface area contributed by atoms with Crippen LogP contribution in [0.3, 0.4) is 0 Å². The second-order valence-corrected chi connectivity index (χ2v) is 4.47. The quantitative estimate of drug-likeness (QED) is 0.641. The molecule has 4 nitrogen and oxygen atoms in total. The van der Waals surface area contributed by atoms with Gasteiger partial charge in [0.2, 0.25) is 0 Å². The summed E-state index contributed by atoms with van der Waals surface area (Å²) in [6.07, 6.45) is 3.99. The fourth-order valence-electron chi connectivity index (χ4n) is 1.15. The van der Waals surface area contributed by atoms with Crippen molar-refractivity contribution in [1.29, 1.82) is 0 Å².